The van der Waals surface area contributed by atoms with E-state index in [2.05, 4.69) is 5.32 Å². The van der Waals surface area contributed by atoms with E-state index in [0.717, 1.165) is 18.4 Å². The van der Waals surface area contributed by atoms with Gasteiger partial charge in [0.15, 0.2) is 11.9 Å². The number of carbonyl (C=O) groups is 3. The predicted molar refractivity (Wildman–Crippen MR) is 91.1 cm³/mol. The highest BCUT2D eigenvalue weighted by molar-refractivity contribution is 5.99. The number of rotatable bonds is 7. The van der Waals surface area contributed by atoms with Gasteiger partial charge in [-0.15, -0.1) is 0 Å². The number of amides is 2. The van der Waals surface area contributed by atoms with E-state index in [0.29, 0.717) is 11.1 Å². The molecule has 1 aromatic carbocycles. The lowest BCUT2D eigenvalue weighted by atomic mass is 9.80. The van der Waals surface area contributed by atoms with Crippen molar-refractivity contribution in [2.24, 2.45) is 11.7 Å². The fourth-order valence-electron chi connectivity index (χ4n) is 3.03. The number of hydrogen-bond donors (Lipinski definition) is 3. The number of nitrogens with two attached hydrogens (primary N) is 1. The van der Waals surface area contributed by atoms with Crippen LogP contribution in [0, 0.1) is 12.8 Å². The van der Waals surface area contributed by atoms with E-state index in [4.69, 9.17) is 15.6 Å². The number of benzene rings is 1. The first-order chi connectivity index (χ1) is 11.8. The van der Waals surface area contributed by atoms with E-state index in [1.54, 1.807) is 12.1 Å². The number of ketones is 1. The highest BCUT2D eigenvalue weighted by Gasteiger charge is 2.30. The van der Waals surface area contributed by atoms with Crippen molar-refractivity contribution in [2.75, 3.05) is 6.61 Å². The number of aliphatic hydroxyl groups excluding tert-OH is 1. The summed E-state index contributed by atoms with van der Waals surface area (Å²) in [6.45, 7) is 3.39. The normalized spacial score (nSPS) is 20.3. The van der Waals surface area contributed by atoms with Gasteiger partial charge in [0.1, 0.15) is 0 Å². The van der Waals surface area contributed by atoms with Crippen molar-refractivity contribution >= 4 is 17.8 Å². The first kappa shape index (κ1) is 18.9. The van der Waals surface area contributed by atoms with E-state index in [1.165, 1.54) is 6.92 Å². The minimum Gasteiger partial charge on any atom is -0.439 e. The molecule has 0 unspecified atom stereocenters. The molecule has 1 aliphatic rings. The van der Waals surface area contributed by atoms with Crippen LogP contribution in [0.1, 0.15) is 41.3 Å². The van der Waals surface area contributed by atoms with Crippen LogP contribution in [-0.2, 0) is 16.0 Å². The Kier molecular flexibility index (Phi) is 6.14. The molecule has 0 spiro atoms. The number of hydrogen-bond acceptors (Lipinski definition) is 5. The molecular formula is C18H24N2O5. The summed E-state index contributed by atoms with van der Waals surface area (Å²) in [6.07, 6.45) is -0.488. The van der Waals surface area contributed by atoms with Crippen molar-refractivity contribution < 1.29 is 24.2 Å². The van der Waals surface area contributed by atoms with Crippen molar-refractivity contribution in [3.8, 4) is 0 Å². The van der Waals surface area contributed by atoms with Crippen LogP contribution >= 0.6 is 0 Å². The van der Waals surface area contributed by atoms with E-state index < -0.39 is 12.2 Å². The first-order valence-electron chi connectivity index (χ1n) is 8.30. The number of nitrogens with one attached hydrogen (secondary N) is 1. The zero-order valence-electron chi connectivity index (χ0n) is 14.5. The standard InChI is InChI=1S/C18H24N2O5/c1-10-4-3-5-13(8-15(22)11(2)25-18(19)24)16(10)17(23)20-14-6-12(7-14)9-21/h3-5,11-12,14,21H,6-9H2,1-2H3,(H2,19,24)(H,20,23)/t11-,12?,14?/m0/s1. The molecule has 2 amide bonds. The van der Waals surface area contributed by atoms with Gasteiger partial charge in [0, 0.05) is 24.6 Å². The maximum atomic E-state index is 12.6. The molecule has 1 aromatic rings. The Labute approximate surface area is 146 Å². The van der Waals surface area contributed by atoms with Crippen molar-refractivity contribution in [2.45, 2.75) is 45.3 Å². The summed E-state index contributed by atoms with van der Waals surface area (Å²) in [5.74, 6) is -0.316. The Bertz CT molecular complexity index is 667. The van der Waals surface area contributed by atoms with Crippen LogP contribution in [0.4, 0.5) is 4.79 Å². The lowest BCUT2D eigenvalue weighted by molar-refractivity contribution is -0.125. The average Bonchev–Trinajstić information content (AvgIpc) is 2.49. The number of carbonyl (C=O) groups excluding carboxylic acids is 3. The van der Waals surface area contributed by atoms with Gasteiger partial charge in [-0.2, -0.15) is 0 Å². The average molecular weight is 348 g/mol. The zero-order chi connectivity index (χ0) is 18.6. The molecule has 0 radical (unpaired) electrons. The van der Waals surface area contributed by atoms with E-state index >= 15 is 0 Å². The Morgan fingerprint density at radius 1 is 1.36 bits per heavy atom. The molecule has 7 nitrogen and oxygen atoms in total. The number of primary amides is 1. The van der Waals surface area contributed by atoms with Gasteiger partial charge in [0.25, 0.3) is 5.91 Å². The fourth-order valence-corrected chi connectivity index (χ4v) is 3.03. The Morgan fingerprint density at radius 3 is 2.64 bits per heavy atom. The summed E-state index contributed by atoms with van der Waals surface area (Å²) in [5.41, 5.74) is 6.75. The highest BCUT2D eigenvalue weighted by Crippen LogP contribution is 2.27. The Hall–Kier alpha value is -2.41. The molecular weight excluding hydrogens is 324 g/mol. The van der Waals surface area contributed by atoms with Gasteiger partial charge < -0.3 is 20.9 Å². The van der Waals surface area contributed by atoms with Crippen molar-refractivity contribution in [1.82, 2.24) is 5.32 Å². The summed E-state index contributed by atoms with van der Waals surface area (Å²) < 4.78 is 4.70. The molecule has 1 fully saturated rings. The summed E-state index contributed by atoms with van der Waals surface area (Å²) in [4.78, 5) is 35.6. The van der Waals surface area contributed by atoms with Gasteiger partial charge in [-0.1, -0.05) is 18.2 Å². The third kappa shape index (κ3) is 4.79. The van der Waals surface area contributed by atoms with Crippen molar-refractivity contribution in [1.29, 1.82) is 0 Å². The first-order valence-corrected chi connectivity index (χ1v) is 8.30. The minimum atomic E-state index is -1.01. The molecule has 2 rings (SSSR count). The molecule has 1 saturated carbocycles. The summed E-state index contributed by atoms with van der Waals surface area (Å²) in [5, 5.41) is 12.0. The van der Waals surface area contributed by atoms with Crippen LogP contribution in [0.25, 0.3) is 0 Å². The van der Waals surface area contributed by atoms with E-state index in [1.807, 2.05) is 13.0 Å². The maximum absolute atomic E-state index is 12.6. The molecule has 4 N–H and O–H groups in total. The van der Waals surface area contributed by atoms with Gasteiger partial charge in [-0.3, -0.25) is 9.59 Å². The number of aliphatic hydroxyl groups is 1. The lowest BCUT2D eigenvalue weighted by Crippen LogP contribution is -2.45. The van der Waals surface area contributed by atoms with Crippen molar-refractivity contribution in [3.63, 3.8) is 0 Å². The van der Waals surface area contributed by atoms with Crippen LogP contribution in [0.2, 0.25) is 0 Å². The summed E-state index contributed by atoms with van der Waals surface area (Å²) in [7, 11) is 0. The maximum Gasteiger partial charge on any atom is 0.405 e. The van der Waals surface area contributed by atoms with Crippen LogP contribution in [-0.4, -0.2) is 41.6 Å². The molecule has 25 heavy (non-hydrogen) atoms. The molecule has 7 heteroatoms. The Morgan fingerprint density at radius 2 is 2.04 bits per heavy atom. The van der Waals surface area contributed by atoms with Crippen molar-refractivity contribution in [3.05, 3.63) is 34.9 Å². The molecule has 1 aliphatic carbocycles. The summed E-state index contributed by atoms with van der Waals surface area (Å²) in [6, 6.07) is 5.35. The smallest absolute Gasteiger partial charge is 0.405 e. The van der Waals surface area contributed by atoms with Crippen LogP contribution in [0.15, 0.2) is 18.2 Å². The molecule has 0 bridgehead atoms. The van der Waals surface area contributed by atoms with Gasteiger partial charge in [0.05, 0.1) is 0 Å². The van der Waals surface area contributed by atoms with Crippen LogP contribution < -0.4 is 11.1 Å². The largest absolute Gasteiger partial charge is 0.439 e. The zero-order valence-corrected chi connectivity index (χ0v) is 14.5. The number of aryl methyl sites for hydroxylation is 1. The second kappa shape index (κ2) is 8.11. The van der Waals surface area contributed by atoms with Crippen LogP contribution in [0.3, 0.4) is 0 Å². The van der Waals surface area contributed by atoms with E-state index in [-0.39, 0.29) is 36.7 Å². The molecule has 0 saturated heterocycles. The Balaban J connectivity index is 2.09. The SMILES string of the molecule is Cc1cccc(CC(=O)[C@H](C)OC(N)=O)c1C(=O)NC1CC(CO)C1. The molecule has 1 atom stereocenters. The second-order valence-corrected chi connectivity index (χ2v) is 6.52. The minimum absolute atomic E-state index is 0.0250. The molecule has 0 aromatic heterocycles. The van der Waals surface area contributed by atoms with Crippen LogP contribution in [0.5, 0.6) is 0 Å². The van der Waals surface area contributed by atoms with E-state index in [9.17, 15) is 14.4 Å². The summed E-state index contributed by atoms with van der Waals surface area (Å²) >= 11 is 0. The quantitative estimate of drug-likeness (QED) is 0.681. The molecule has 0 aliphatic heterocycles. The van der Waals surface area contributed by atoms with Gasteiger partial charge in [0.2, 0.25) is 0 Å². The van der Waals surface area contributed by atoms with Gasteiger partial charge in [-0.05, 0) is 43.7 Å². The third-order valence-electron chi connectivity index (χ3n) is 4.53. The predicted octanol–water partition coefficient (Wildman–Crippen LogP) is 1.09. The molecule has 136 valence electrons. The third-order valence-corrected chi connectivity index (χ3v) is 4.53. The number of Topliss-reactive ketones (excluding diaryl/α,β-unsaturated/α-hetero) is 1. The van der Waals surface area contributed by atoms with Gasteiger partial charge in [-0.25, -0.2) is 4.79 Å². The number of ether oxygens (including phenoxy) is 1. The highest BCUT2D eigenvalue weighted by atomic mass is 16.6. The topological polar surface area (TPSA) is 119 Å². The monoisotopic (exact) mass is 348 g/mol. The fraction of sp³-hybridized carbons (Fsp3) is 0.500. The lowest BCUT2D eigenvalue weighted by Gasteiger charge is -2.34. The molecule has 0 heterocycles. The van der Waals surface area contributed by atoms with Gasteiger partial charge >= 0.3 is 6.09 Å². The second-order valence-electron chi connectivity index (χ2n) is 6.52.